The van der Waals surface area contributed by atoms with Gasteiger partial charge in [0.15, 0.2) is 0 Å². The number of carboxylic acids is 1. The second kappa shape index (κ2) is 8.01. The normalized spacial score (nSPS) is 11.0. The van der Waals surface area contributed by atoms with Crippen molar-refractivity contribution in [2.45, 2.75) is 26.4 Å². The summed E-state index contributed by atoms with van der Waals surface area (Å²) in [6.07, 6.45) is -0.749. The molecule has 8 heteroatoms. The minimum atomic E-state index is -1.17. The molecule has 0 aliphatic heterocycles. The van der Waals surface area contributed by atoms with E-state index in [4.69, 9.17) is 26.2 Å². The summed E-state index contributed by atoms with van der Waals surface area (Å²) in [6, 6.07) is 3.84. The number of ether oxygens (including phenoxy) is 2. The van der Waals surface area contributed by atoms with Gasteiger partial charge >= 0.3 is 12.1 Å². The van der Waals surface area contributed by atoms with Gasteiger partial charge in [0.25, 0.3) is 0 Å². The molecule has 0 aromatic heterocycles. The van der Waals surface area contributed by atoms with E-state index in [-0.39, 0.29) is 18.2 Å². The quantitative estimate of drug-likeness (QED) is 0.855. The lowest BCUT2D eigenvalue weighted by Gasteiger charge is -2.26. The minimum absolute atomic E-state index is 0.00376. The minimum Gasteiger partial charge on any atom is -0.492 e. The van der Waals surface area contributed by atoms with Crippen molar-refractivity contribution in [3.8, 4) is 5.75 Å². The highest BCUT2D eigenvalue weighted by atomic mass is 35.5. The van der Waals surface area contributed by atoms with Crippen LogP contribution in [0.2, 0.25) is 5.02 Å². The number of amides is 1. The highest BCUT2D eigenvalue weighted by molar-refractivity contribution is 6.30. The van der Waals surface area contributed by atoms with Crippen LogP contribution in [0.4, 0.5) is 9.18 Å². The maximum absolute atomic E-state index is 13.0. The Labute approximate surface area is 138 Å². The second-order valence-corrected chi connectivity index (χ2v) is 6.13. The Hall–Kier alpha value is -2.02. The first-order valence-corrected chi connectivity index (χ1v) is 7.24. The van der Waals surface area contributed by atoms with Gasteiger partial charge in [-0.25, -0.2) is 9.18 Å². The van der Waals surface area contributed by atoms with Gasteiger partial charge in [-0.1, -0.05) is 11.6 Å². The van der Waals surface area contributed by atoms with Crippen molar-refractivity contribution in [2.24, 2.45) is 0 Å². The Morgan fingerprint density at radius 1 is 1.35 bits per heavy atom. The summed E-state index contributed by atoms with van der Waals surface area (Å²) in [5.74, 6) is -1.42. The molecule has 0 saturated carbocycles. The monoisotopic (exact) mass is 347 g/mol. The SMILES string of the molecule is CC(C)(C)OC(=O)N(CCOc1ccc(F)c(Cl)c1)CC(=O)O. The molecule has 0 aliphatic carbocycles. The van der Waals surface area contributed by atoms with Crippen LogP contribution in [-0.4, -0.2) is 47.4 Å². The van der Waals surface area contributed by atoms with E-state index in [0.29, 0.717) is 5.75 Å². The molecular weight excluding hydrogens is 329 g/mol. The number of hydrogen-bond donors (Lipinski definition) is 1. The molecule has 1 aromatic carbocycles. The summed E-state index contributed by atoms with van der Waals surface area (Å²) in [7, 11) is 0. The average Bonchev–Trinajstić information content (AvgIpc) is 2.39. The molecule has 0 unspecified atom stereocenters. The van der Waals surface area contributed by atoms with E-state index < -0.39 is 30.0 Å². The van der Waals surface area contributed by atoms with E-state index >= 15 is 0 Å². The third kappa shape index (κ3) is 7.19. The first-order valence-electron chi connectivity index (χ1n) is 6.86. The summed E-state index contributed by atoms with van der Waals surface area (Å²) in [5.41, 5.74) is -0.737. The zero-order valence-electron chi connectivity index (χ0n) is 13.1. The van der Waals surface area contributed by atoms with E-state index in [1.807, 2.05) is 0 Å². The maximum atomic E-state index is 13.0. The lowest BCUT2D eigenvalue weighted by atomic mass is 10.2. The highest BCUT2D eigenvalue weighted by Gasteiger charge is 2.23. The number of benzene rings is 1. The topological polar surface area (TPSA) is 76.1 Å². The third-order valence-corrected chi connectivity index (χ3v) is 2.79. The Morgan fingerprint density at radius 2 is 2.00 bits per heavy atom. The van der Waals surface area contributed by atoms with Crippen LogP contribution in [0.15, 0.2) is 18.2 Å². The van der Waals surface area contributed by atoms with Crippen molar-refractivity contribution in [3.05, 3.63) is 29.0 Å². The zero-order valence-corrected chi connectivity index (χ0v) is 13.9. The number of carbonyl (C=O) groups excluding carboxylic acids is 1. The van der Waals surface area contributed by atoms with Gasteiger partial charge in [-0.3, -0.25) is 9.69 Å². The van der Waals surface area contributed by atoms with E-state index in [0.717, 1.165) is 11.0 Å². The molecule has 0 radical (unpaired) electrons. The fourth-order valence-electron chi connectivity index (χ4n) is 1.56. The predicted molar refractivity (Wildman–Crippen MR) is 82.3 cm³/mol. The van der Waals surface area contributed by atoms with Crippen molar-refractivity contribution in [2.75, 3.05) is 19.7 Å². The lowest BCUT2D eigenvalue weighted by molar-refractivity contribution is -0.138. The Bertz CT molecular complexity index is 573. The molecule has 0 heterocycles. The van der Waals surface area contributed by atoms with Gasteiger partial charge in [0.1, 0.15) is 30.3 Å². The molecule has 1 N–H and O–H groups in total. The number of nitrogens with zero attached hydrogens (tertiary/aromatic N) is 1. The van der Waals surface area contributed by atoms with E-state index in [1.165, 1.54) is 12.1 Å². The van der Waals surface area contributed by atoms with Crippen molar-refractivity contribution in [3.63, 3.8) is 0 Å². The number of rotatable bonds is 6. The number of halogens is 2. The molecule has 0 fully saturated rings. The number of carboxylic acid groups (broad SMARTS) is 1. The van der Waals surface area contributed by atoms with Crippen molar-refractivity contribution < 1.29 is 28.6 Å². The molecule has 1 amide bonds. The zero-order chi connectivity index (χ0) is 17.6. The molecule has 0 spiro atoms. The predicted octanol–water partition coefficient (Wildman–Crippen LogP) is 3.18. The molecule has 0 atom stereocenters. The van der Waals surface area contributed by atoms with Gasteiger partial charge in [0.05, 0.1) is 11.6 Å². The van der Waals surface area contributed by atoms with Gasteiger partial charge in [0, 0.05) is 6.07 Å². The molecule has 6 nitrogen and oxygen atoms in total. The van der Waals surface area contributed by atoms with Crippen LogP contribution in [0, 0.1) is 5.82 Å². The number of carbonyl (C=O) groups is 2. The van der Waals surface area contributed by atoms with E-state index in [1.54, 1.807) is 20.8 Å². The van der Waals surface area contributed by atoms with Gasteiger partial charge in [-0.05, 0) is 32.9 Å². The Kier molecular flexibility index (Phi) is 6.62. The van der Waals surface area contributed by atoms with Gasteiger partial charge in [-0.2, -0.15) is 0 Å². The molecule has 0 bridgehead atoms. The number of aliphatic carboxylic acids is 1. The molecular formula is C15H19ClFNO5. The van der Waals surface area contributed by atoms with E-state index in [9.17, 15) is 14.0 Å². The summed E-state index contributed by atoms with van der Waals surface area (Å²) >= 11 is 5.63. The van der Waals surface area contributed by atoms with Crippen molar-refractivity contribution >= 4 is 23.7 Å². The van der Waals surface area contributed by atoms with Crippen molar-refractivity contribution in [1.29, 1.82) is 0 Å². The first kappa shape index (κ1) is 19.0. The molecule has 1 rings (SSSR count). The molecule has 23 heavy (non-hydrogen) atoms. The largest absolute Gasteiger partial charge is 0.492 e. The standard InChI is InChI=1S/C15H19ClFNO5/c1-15(2,3)23-14(21)18(9-13(19)20)6-7-22-10-4-5-12(17)11(16)8-10/h4-5,8H,6-7,9H2,1-3H3,(H,19,20). The maximum Gasteiger partial charge on any atom is 0.410 e. The molecule has 128 valence electrons. The number of hydrogen-bond acceptors (Lipinski definition) is 4. The van der Waals surface area contributed by atoms with Gasteiger partial charge in [-0.15, -0.1) is 0 Å². The summed E-state index contributed by atoms with van der Waals surface area (Å²) in [5, 5.41) is 8.78. The van der Waals surface area contributed by atoms with Crippen LogP contribution in [0.5, 0.6) is 5.75 Å². The fraction of sp³-hybridized carbons (Fsp3) is 0.467. The van der Waals surface area contributed by atoms with Crippen LogP contribution in [0.1, 0.15) is 20.8 Å². The summed E-state index contributed by atoms with van der Waals surface area (Å²) < 4.78 is 23.5. The van der Waals surface area contributed by atoms with Gasteiger partial charge < -0.3 is 14.6 Å². The van der Waals surface area contributed by atoms with Crippen LogP contribution >= 0.6 is 11.6 Å². The smallest absolute Gasteiger partial charge is 0.410 e. The van der Waals surface area contributed by atoms with E-state index in [2.05, 4.69) is 0 Å². The highest BCUT2D eigenvalue weighted by Crippen LogP contribution is 2.21. The first-order chi connectivity index (χ1) is 10.6. The Balaban J connectivity index is 2.61. The van der Waals surface area contributed by atoms with Crippen molar-refractivity contribution in [1.82, 2.24) is 4.90 Å². The molecule has 0 saturated heterocycles. The fourth-order valence-corrected chi connectivity index (χ4v) is 1.74. The molecule has 1 aromatic rings. The average molecular weight is 348 g/mol. The van der Waals surface area contributed by atoms with Crippen LogP contribution in [-0.2, 0) is 9.53 Å². The summed E-state index contributed by atoms with van der Waals surface area (Å²) in [4.78, 5) is 23.8. The third-order valence-electron chi connectivity index (χ3n) is 2.50. The lowest BCUT2D eigenvalue weighted by Crippen LogP contribution is -2.41. The Morgan fingerprint density at radius 3 is 2.52 bits per heavy atom. The van der Waals surface area contributed by atoms with Crippen LogP contribution in [0.25, 0.3) is 0 Å². The second-order valence-electron chi connectivity index (χ2n) is 5.72. The van der Waals surface area contributed by atoms with Crippen LogP contribution < -0.4 is 4.74 Å². The van der Waals surface area contributed by atoms with Gasteiger partial charge in [0.2, 0.25) is 0 Å². The molecule has 0 aliphatic rings. The van der Waals surface area contributed by atoms with Crippen LogP contribution in [0.3, 0.4) is 0 Å². The summed E-state index contributed by atoms with van der Waals surface area (Å²) in [6.45, 7) is 4.54.